The topological polar surface area (TPSA) is 54.5 Å². The van der Waals surface area contributed by atoms with E-state index in [9.17, 15) is 17.6 Å². The SMILES string of the molecule is CS(=O)(=O)C1CC2CCC(C1)N2C(=O)c1c(F)cccc1Cl. The molecule has 1 aromatic rings. The van der Waals surface area contributed by atoms with Crippen LogP contribution in [0.15, 0.2) is 18.2 Å². The average molecular weight is 346 g/mol. The number of sulfone groups is 1. The molecule has 1 amide bonds. The van der Waals surface area contributed by atoms with Gasteiger partial charge in [-0.25, -0.2) is 12.8 Å². The maximum absolute atomic E-state index is 14.0. The Kier molecular flexibility index (Phi) is 3.93. The number of hydrogen-bond donors (Lipinski definition) is 0. The number of nitrogens with zero attached hydrogens (tertiary/aromatic N) is 1. The van der Waals surface area contributed by atoms with Gasteiger partial charge in [0, 0.05) is 18.3 Å². The van der Waals surface area contributed by atoms with E-state index in [2.05, 4.69) is 0 Å². The van der Waals surface area contributed by atoms with Gasteiger partial charge in [-0.3, -0.25) is 4.79 Å². The molecule has 0 aromatic heterocycles. The van der Waals surface area contributed by atoms with Gasteiger partial charge in [-0.15, -0.1) is 0 Å². The van der Waals surface area contributed by atoms with Gasteiger partial charge in [0.2, 0.25) is 0 Å². The monoisotopic (exact) mass is 345 g/mol. The van der Waals surface area contributed by atoms with E-state index in [0.717, 1.165) is 12.8 Å². The molecule has 2 fully saturated rings. The van der Waals surface area contributed by atoms with Crippen LogP contribution in [0.2, 0.25) is 5.02 Å². The van der Waals surface area contributed by atoms with Crippen molar-refractivity contribution in [2.24, 2.45) is 0 Å². The molecule has 2 aliphatic rings. The minimum Gasteiger partial charge on any atom is -0.332 e. The average Bonchev–Trinajstić information content (AvgIpc) is 2.67. The largest absolute Gasteiger partial charge is 0.332 e. The number of rotatable bonds is 2. The van der Waals surface area contributed by atoms with Crippen LogP contribution < -0.4 is 0 Å². The Hall–Kier alpha value is -1.14. The number of benzene rings is 1. The second-order valence-corrected chi connectivity index (χ2v) is 8.85. The lowest BCUT2D eigenvalue weighted by atomic mass is 10.0. The van der Waals surface area contributed by atoms with Crippen LogP contribution in [-0.2, 0) is 9.84 Å². The van der Waals surface area contributed by atoms with E-state index < -0.39 is 26.8 Å². The van der Waals surface area contributed by atoms with Crippen molar-refractivity contribution in [3.05, 3.63) is 34.6 Å². The standard InChI is InChI=1S/C15H17ClFNO3S/c1-22(20,21)11-7-9-5-6-10(8-11)18(9)15(19)14-12(16)3-2-4-13(14)17/h2-4,9-11H,5-8H2,1H3. The highest BCUT2D eigenvalue weighted by atomic mass is 35.5. The zero-order valence-corrected chi connectivity index (χ0v) is 13.7. The molecule has 120 valence electrons. The van der Waals surface area contributed by atoms with Gasteiger partial charge in [0.05, 0.1) is 15.8 Å². The summed E-state index contributed by atoms with van der Waals surface area (Å²) in [5.41, 5.74) is -0.112. The highest BCUT2D eigenvalue weighted by molar-refractivity contribution is 7.91. The number of fused-ring (bicyclic) bond motifs is 2. The minimum absolute atomic E-state index is 0.0923. The molecule has 0 N–H and O–H groups in total. The number of amides is 1. The zero-order valence-electron chi connectivity index (χ0n) is 12.1. The molecule has 2 saturated heterocycles. The summed E-state index contributed by atoms with van der Waals surface area (Å²) in [6.45, 7) is 0. The van der Waals surface area contributed by atoms with Gasteiger partial charge in [-0.1, -0.05) is 17.7 Å². The van der Waals surface area contributed by atoms with Crippen LogP contribution in [-0.4, -0.2) is 42.8 Å². The predicted molar refractivity (Wildman–Crippen MR) is 82.3 cm³/mol. The lowest BCUT2D eigenvalue weighted by Gasteiger charge is -2.38. The number of halogens is 2. The van der Waals surface area contributed by atoms with Crippen molar-refractivity contribution in [2.45, 2.75) is 43.0 Å². The fraction of sp³-hybridized carbons (Fsp3) is 0.533. The van der Waals surface area contributed by atoms with E-state index in [1.165, 1.54) is 24.5 Å². The van der Waals surface area contributed by atoms with Crippen molar-refractivity contribution in [3.8, 4) is 0 Å². The van der Waals surface area contributed by atoms with Gasteiger partial charge >= 0.3 is 0 Å². The summed E-state index contributed by atoms with van der Waals surface area (Å²) in [4.78, 5) is 14.4. The Labute approximate surface area is 134 Å². The van der Waals surface area contributed by atoms with Crippen LogP contribution in [0.4, 0.5) is 4.39 Å². The van der Waals surface area contributed by atoms with Crippen molar-refractivity contribution in [3.63, 3.8) is 0 Å². The van der Waals surface area contributed by atoms with Crippen LogP contribution >= 0.6 is 11.6 Å². The second-order valence-electron chi connectivity index (χ2n) is 6.12. The Morgan fingerprint density at radius 2 is 1.86 bits per heavy atom. The summed E-state index contributed by atoms with van der Waals surface area (Å²) < 4.78 is 37.5. The van der Waals surface area contributed by atoms with Crippen LogP contribution in [0.5, 0.6) is 0 Å². The molecular weight excluding hydrogens is 329 g/mol. The number of carbonyl (C=O) groups is 1. The van der Waals surface area contributed by atoms with Crippen LogP contribution in [0.1, 0.15) is 36.0 Å². The zero-order chi connectivity index (χ0) is 16.1. The quantitative estimate of drug-likeness (QED) is 0.828. The molecule has 2 bridgehead atoms. The molecular formula is C15H17ClFNO3S. The highest BCUT2D eigenvalue weighted by Gasteiger charge is 2.46. The van der Waals surface area contributed by atoms with Crippen molar-refractivity contribution in [1.82, 2.24) is 4.90 Å². The molecule has 0 radical (unpaired) electrons. The first kappa shape index (κ1) is 15.7. The van der Waals surface area contributed by atoms with Crippen molar-refractivity contribution < 1.29 is 17.6 Å². The summed E-state index contributed by atoms with van der Waals surface area (Å²) >= 11 is 5.98. The molecule has 0 saturated carbocycles. The molecule has 7 heteroatoms. The maximum atomic E-state index is 14.0. The van der Waals surface area contributed by atoms with Gasteiger partial charge in [0.15, 0.2) is 0 Å². The van der Waals surface area contributed by atoms with E-state index in [4.69, 9.17) is 11.6 Å². The van der Waals surface area contributed by atoms with Crippen molar-refractivity contribution in [1.29, 1.82) is 0 Å². The number of hydrogen-bond acceptors (Lipinski definition) is 3. The normalized spacial score (nSPS) is 28.0. The predicted octanol–water partition coefficient (Wildman–Crippen LogP) is 2.66. The third kappa shape index (κ3) is 2.63. The number of carbonyl (C=O) groups excluding carboxylic acids is 1. The minimum atomic E-state index is -3.12. The van der Waals surface area contributed by atoms with E-state index in [1.807, 2.05) is 0 Å². The molecule has 4 nitrogen and oxygen atoms in total. The highest BCUT2D eigenvalue weighted by Crippen LogP contribution is 2.39. The molecule has 2 heterocycles. The molecule has 2 atom stereocenters. The van der Waals surface area contributed by atoms with E-state index in [1.54, 1.807) is 4.90 Å². The first-order valence-electron chi connectivity index (χ1n) is 7.24. The third-order valence-corrected chi connectivity index (χ3v) is 6.62. The summed E-state index contributed by atoms with van der Waals surface area (Å²) in [6.07, 6.45) is 3.60. The van der Waals surface area contributed by atoms with Gasteiger partial charge in [0.1, 0.15) is 15.7 Å². The molecule has 22 heavy (non-hydrogen) atoms. The van der Waals surface area contributed by atoms with E-state index in [0.29, 0.717) is 12.8 Å². The maximum Gasteiger partial charge on any atom is 0.258 e. The van der Waals surface area contributed by atoms with Gasteiger partial charge in [-0.2, -0.15) is 0 Å². The van der Waals surface area contributed by atoms with Gasteiger partial charge in [0.25, 0.3) is 5.91 Å². The molecule has 2 aliphatic heterocycles. The van der Waals surface area contributed by atoms with Crippen LogP contribution in [0.3, 0.4) is 0 Å². The summed E-state index contributed by atoms with van der Waals surface area (Å²) in [7, 11) is -3.12. The Bertz CT molecular complexity index is 687. The first-order chi connectivity index (χ1) is 10.3. The van der Waals surface area contributed by atoms with Crippen LogP contribution in [0.25, 0.3) is 0 Å². The smallest absolute Gasteiger partial charge is 0.258 e. The van der Waals surface area contributed by atoms with E-state index in [-0.39, 0.29) is 22.7 Å². The van der Waals surface area contributed by atoms with Crippen molar-refractivity contribution in [2.75, 3.05) is 6.26 Å². The summed E-state index contributed by atoms with van der Waals surface area (Å²) in [5.74, 6) is -1.07. The van der Waals surface area contributed by atoms with Crippen molar-refractivity contribution >= 4 is 27.3 Å². The molecule has 1 aromatic carbocycles. The Morgan fingerprint density at radius 3 is 2.36 bits per heavy atom. The van der Waals surface area contributed by atoms with E-state index >= 15 is 0 Å². The summed E-state index contributed by atoms with van der Waals surface area (Å²) in [5, 5.41) is -0.320. The fourth-order valence-corrected chi connectivity index (χ4v) is 5.03. The van der Waals surface area contributed by atoms with Gasteiger partial charge < -0.3 is 4.90 Å². The second kappa shape index (κ2) is 5.49. The lowest BCUT2D eigenvalue weighted by molar-refractivity contribution is 0.0594. The number of piperidine rings is 1. The molecule has 0 spiro atoms. The molecule has 3 rings (SSSR count). The summed E-state index contributed by atoms with van der Waals surface area (Å²) in [6, 6.07) is 3.86. The Morgan fingerprint density at radius 1 is 1.27 bits per heavy atom. The Balaban J connectivity index is 1.90. The molecule has 2 unspecified atom stereocenters. The van der Waals surface area contributed by atoms with Gasteiger partial charge in [-0.05, 0) is 37.8 Å². The fourth-order valence-electron chi connectivity index (χ4n) is 3.64. The van der Waals surface area contributed by atoms with Crippen LogP contribution in [0, 0.1) is 5.82 Å². The lowest BCUT2D eigenvalue weighted by Crippen LogP contribution is -2.49. The first-order valence-corrected chi connectivity index (χ1v) is 9.58. The molecule has 0 aliphatic carbocycles. The third-order valence-electron chi connectivity index (χ3n) is 4.71.